The lowest BCUT2D eigenvalue weighted by atomic mass is 9.80. The highest BCUT2D eigenvalue weighted by Crippen LogP contribution is 2.42. The minimum absolute atomic E-state index is 0.132. The fourth-order valence-corrected chi connectivity index (χ4v) is 7.29. The molecule has 12 heteroatoms. The summed E-state index contributed by atoms with van der Waals surface area (Å²) in [4.78, 5) is 51.1. The Labute approximate surface area is 266 Å². The second-order valence-corrected chi connectivity index (χ2v) is 12.1. The lowest BCUT2D eigenvalue weighted by Crippen LogP contribution is -2.71. The van der Waals surface area contributed by atoms with Crippen LogP contribution in [0.15, 0.2) is 125 Å². The molecule has 2 aliphatic heterocycles. The summed E-state index contributed by atoms with van der Waals surface area (Å²) in [6.45, 7) is 3.67. The monoisotopic (exact) mass is 637 g/mol. The average molecular weight is 638 g/mol. The van der Waals surface area contributed by atoms with Gasteiger partial charge in [0.2, 0.25) is 5.60 Å². The average Bonchev–Trinajstić information content (AvgIpc) is 3.51. The molecular weight excluding hydrogens is 611 g/mol. The molecule has 4 aromatic rings. The number of hydrogen-bond acceptors (Lipinski definition) is 9. The van der Waals surface area contributed by atoms with E-state index < -0.39 is 34.8 Å². The number of thioether (sulfide) groups is 1. The largest absolute Gasteiger partial charge is 0.477 e. The van der Waals surface area contributed by atoms with Crippen LogP contribution in [0, 0.1) is 0 Å². The number of amides is 2. The topological polar surface area (TPSA) is 147 Å². The Bertz CT molecular complexity index is 1730. The van der Waals surface area contributed by atoms with E-state index in [1.807, 2.05) is 91.0 Å². The molecule has 4 N–H and O–H groups in total. The molecule has 0 unspecified atom stereocenters. The van der Waals surface area contributed by atoms with Gasteiger partial charge in [-0.05, 0) is 5.57 Å². The Hall–Kier alpha value is -5.20. The number of aromatic nitrogens is 1. The van der Waals surface area contributed by atoms with Crippen molar-refractivity contribution in [1.29, 1.82) is 0 Å². The van der Waals surface area contributed by atoms with E-state index >= 15 is 0 Å². The van der Waals surface area contributed by atoms with E-state index in [1.54, 1.807) is 5.38 Å². The number of nitrogens with one attached hydrogen (secondary N) is 1. The van der Waals surface area contributed by atoms with Crippen molar-refractivity contribution in [3.05, 3.63) is 143 Å². The van der Waals surface area contributed by atoms with Gasteiger partial charge >= 0.3 is 5.97 Å². The van der Waals surface area contributed by atoms with E-state index in [-0.39, 0.29) is 22.2 Å². The molecule has 0 bridgehead atoms. The zero-order valence-electron chi connectivity index (χ0n) is 23.7. The van der Waals surface area contributed by atoms with E-state index in [1.165, 1.54) is 22.7 Å². The van der Waals surface area contributed by atoms with Crippen molar-refractivity contribution in [3.8, 4) is 0 Å². The molecule has 226 valence electrons. The van der Waals surface area contributed by atoms with Gasteiger partial charge in [-0.3, -0.25) is 14.5 Å². The van der Waals surface area contributed by atoms with E-state index in [0.717, 1.165) is 28.0 Å². The summed E-state index contributed by atoms with van der Waals surface area (Å²) in [5.41, 5.74) is 7.23. The summed E-state index contributed by atoms with van der Waals surface area (Å²) in [6.07, 6.45) is 1.43. The van der Waals surface area contributed by atoms with E-state index in [2.05, 4.69) is 22.0 Å². The number of carboxylic acid groups (broad SMARTS) is 1. The molecule has 1 saturated heterocycles. The molecule has 3 heterocycles. The number of nitrogen functional groups attached to an aromatic ring is 1. The maximum Gasteiger partial charge on any atom is 0.352 e. The molecule has 2 amide bonds. The minimum Gasteiger partial charge on any atom is -0.477 e. The van der Waals surface area contributed by atoms with Crippen LogP contribution in [0.4, 0.5) is 5.13 Å². The Morgan fingerprint density at radius 1 is 1.02 bits per heavy atom. The van der Waals surface area contributed by atoms with Gasteiger partial charge in [0.15, 0.2) is 10.8 Å². The SMILES string of the molecule is C=CC1=C(C(=O)O)N2C(=O)[C@@H](NC(=O)C(=NOC(c3ccccc3)(c3ccccc3)c3ccccc3)c3csc(N)n3)[C@@H]2SC1. The van der Waals surface area contributed by atoms with Gasteiger partial charge < -0.3 is 21.0 Å². The number of nitrogens with two attached hydrogens (primary N) is 1. The smallest absolute Gasteiger partial charge is 0.352 e. The van der Waals surface area contributed by atoms with Gasteiger partial charge in [0.25, 0.3) is 11.8 Å². The van der Waals surface area contributed by atoms with Crippen molar-refractivity contribution in [1.82, 2.24) is 15.2 Å². The number of anilines is 1. The van der Waals surface area contributed by atoms with E-state index in [9.17, 15) is 19.5 Å². The highest BCUT2D eigenvalue weighted by atomic mass is 32.2. The number of β-lactam (4-membered cyclic amide) rings is 1. The van der Waals surface area contributed by atoms with Crippen LogP contribution in [0.1, 0.15) is 22.4 Å². The highest BCUT2D eigenvalue weighted by molar-refractivity contribution is 8.00. The molecule has 45 heavy (non-hydrogen) atoms. The van der Waals surface area contributed by atoms with Gasteiger partial charge in [-0.2, -0.15) is 0 Å². The fourth-order valence-electron chi connectivity index (χ4n) is 5.40. The third-order valence-electron chi connectivity index (χ3n) is 7.53. The van der Waals surface area contributed by atoms with Gasteiger partial charge in [-0.1, -0.05) is 109 Å². The summed E-state index contributed by atoms with van der Waals surface area (Å²) in [6, 6.07) is 27.6. The summed E-state index contributed by atoms with van der Waals surface area (Å²) in [7, 11) is 0. The number of aliphatic carboxylic acids is 1. The molecule has 2 atom stereocenters. The molecule has 1 aromatic heterocycles. The van der Waals surface area contributed by atoms with Crippen molar-refractivity contribution in [2.45, 2.75) is 17.0 Å². The maximum atomic E-state index is 13.9. The van der Waals surface area contributed by atoms with Crippen LogP contribution in [-0.4, -0.2) is 55.7 Å². The van der Waals surface area contributed by atoms with Gasteiger partial charge in [0.1, 0.15) is 22.8 Å². The van der Waals surface area contributed by atoms with Crippen LogP contribution in [0.25, 0.3) is 0 Å². The number of carbonyl (C=O) groups is 3. The maximum absolute atomic E-state index is 13.9. The molecule has 0 radical (unpaired) electrons. The molecule has 1 fully saturated rings. The van der Waals surface area contributed by atoms with E-state index in [4.69, 9.17) is 10.6 Å². The number of carboxylic acids is 1. The number of benzene rings is 3. The number of fused-ring (bicyclic) bond motifs is 1. The number of allylic oxidation sites excluding steroid dienone is 1. The van der Waals surface area contributed by atoms with Crippen LogP contribution in [0.3, 0.4) is 0 Å². The van der Waals surface area contributed by atoms with Crippen molar-refractivity contribution >= 4 is 51.7 Å². The standard InChI is InChI=1S/C33H27N5O5S2/c1-2-20-18-44-30-26(29(40)38(30)27(20)31(41)42)36-28(39)25(24-19-45-32(34)35-24)37-43-33(21-12-6-3-7-13-21,22-14-8-4-9-15-22)23-16-10-5-11-17-23/h2-17,19,26,30H,1,18H2,(H2,34,35)(H,36,39)(H,41,42)/t26-,30+/m1/s1. The third-order valence-corrected chi connectivity index (χ3v) is 9.50. The van der Waals surface area contributed by atoms with Crippen LogP contribution < -0.4 is 11.1 Å². The predicted molar refractivity (Wildman–Crippen MR) is 173 cm³/mol. The van der Waals surface area contributed by atoms with Crippen LogP contribution in [0.2, 0.25) is 0 Å². The predicted octanol–water partition coefficient (Wildman–Crippen LogP) is 4.36. The second kappa shape index (κ2) is 12.4. The van der Waals surface area contributed by atoms with Gasteiger partial charge in [-0.15, -0.1) is 23.1 Å². The fraction of sp³-hybridized carbons (Fsp3) is 0.121. The normalized spacial score (nSPS) is 18.1. The van der Waals surface area contributed by atoms with Crippen LogP contribution >= 0.6 is 23.1 Å². The molecule has 6 rings (SSSR count). The first-order valence-corrected chi connectivity index (χ1v) is 15.8. The summed E-state index contributed by atoms with van der Waals surface area (Å²) in [5.74, 6) is -2.19. The zero-order chi connectivity index (χ0) is 31.6. The van der Waals surface area contributed by atoms with Crippen molar-refractivity contribution in [3.63, 3.8) is 0 Å². The van der Waals surface area contributed by atoms with Gasteiger partial charge in [0.05, 0.1) is 0 Å². The minimum atomic E-state index is -1.28. The molecule has 2 aliphatic rings. The van der Waals surface area contributed by atoms with E-state index in [0.29, 0.717) is 11.3 Å². The Kier molecular flexibility index (Phi) is 8.24. The summed E-state index contributed by atoms with van der Waals surface area (Å²) in [5, 5.41) is 18.2. The Morgan fingerprint density at radius 2 is 1.58 bits per heavy atom. The first kappa shape index (κ1) is 29.9. The molecule has 0 spiro atoms. The first-order valence-electron chi connectivity index (χ1n) is 13.8. The van der Waals surface area contributed by atoms with Crippen molar-refractivity contribution < 1.29 is 24.3 Å². The summed E-state index contributed by atoms with van der Waals surface area (Å²) < 4.78 is 0. The van der Waals surface area contributed by atoms with Gasteiger partial charge in [-0.25, -0.2) is 9.78 Å². The molecule has 0 aliphatic carbocycles. The summed E-state index contributed by atoms with van der Waals surface area (Å²) >= 11 is 2.46. The number of rotatable bonds is 10. The number of nitrogens with zero attached hydrogens (tertiary/aromatic N) is 3. The third kappa shape index (κ3) is 5.38. The zero-order valence-corrected chi connectivity index (χ0v) is 25.3. The quantitative estimate of drug-likeness (QED) is 0.101. The number of thiazole rings is 1. The second-order valence-electron chi connectivity index (χ2n) is 10.1. The van der Waals surface area contributed by atoms with Crippen LogP contribution in [0.5, 0.6) is 0 Å². The molecular formula is C33H27N5O5S2. The van der Waals surface area contributed by atoms with Crippen LogP contribution in [-0.2, 0) is 24.8 Å². The number of hydrogen-bond donors (Lipinski definition) is 3. The van der Waals surface area contributed by atoms with Crippen molar-refractivity contribution in [2.24, 2.45) is 5.16 Å². The van der Waals surface area contributed by atoms with Crippen molar-refractivity contribution in [2.75, 3.05) is 11.5 Å². The highest BCUT2D eigenvalue weighted by Gasteiger charge is 2.54. The lowest BCUT2D eigenvalue weighted by molar-refractivity contribution is -0.150. The molecule has 0 saturated carbocycles. The Balaban J connectivity index is 1.40. The Morgan fingerprint density at radius 3 is 2.04 bits per heavy atom. The lowest BCUT2D eigenvalue weighted by Gasteiger charge is -2.49. The molecule has 3 aromatic carbocycles. The first-order chi connectivity index (χ1) is 21.8. The number of oxime groups is 1. The number of carbonyl (C=O) groups excluding carboxylic acids is 2. The van der Waals surface area contributed by atoms with Gasteiger partial charge in [0, 0.05) is 27.8 Å². The molecule has 10 nitrogen and oxygen atoms in total.